The Morgan fingerprint density at radius 1 is 1.23 bits per heavy atom. The number of thiocarbonyl (C=S) groups is 1. The van der Waals surface area contributed by atoms with Gasteiger partial charge in [-0.3, -0.25) is 9.59 Å². The summed E-state index contributed by atoms with van der Waals surface area (Å²) in [5.74, 6) is 1.55. The zero-order valence-electron chi connectivity index (χ0n) is 17.0. The molecule has 31 heavy (non-hydrogen) atoms. The third-order valence-corrected chi connectivity index (χ3v) is 6.05. The smallest absolute Gasteiger partial charge is 0.263 e. The molecule has 2 heterocycles. The number of hydrogen-bond acceptors (Lipinski definition) is 7. The first kappa shape index (κ1) is 21.2. The maximum atomic E-state index is 13.1. The second kappa shape index (κ2) is 8.99. The molecule has 2 amide bonds. The van der Waals surface area contributed by atoms with Crippen molar-refractivity contribution in [3.63, 3.8) is 0 Å². The lowest BCUT2D eigenvalue weighted by molar-refractivity contribution is -0.118. The number of rotatable bonds is 5. The van der Waals surface area contributed by atoms with E-state index in [9.17, 15) is 9.59 Å². The number of amides is 2. The van der Waals surface area contributed by atoms with Crippen LogP contribution in [0.5, 0.6) is 17.2 Å². The number of carbonyl (C=O) groups excluding carboxylic acids is 2. The van der Waals surface area contributed by atoms with E-state index in [0.29, 0.717) is 45.3 Å². The van der Waals surface area contributed by atoms with Crippen molar-refractivity contribution in [2.24, 2.45) is 0 Å². The molecule has 2 aliphatic rings. The normalized spacial score (nSPS) is 16.6. The van der Waals surface area contributed by atoms with Gasteiger partial charge in [0.05, 0.1) is 37.8 Å². The van der Waals surface area contributed by atoms with Crippen LogP contribution in [0, 0.1) is 0 Å². The molecule has 7 nitrogen and oxygen atoms in total. The molecule has 9 heteroatoms. The van der Waals surface area contributed by atoms with Gasteiger partial charge in [0, 0.05) is 0 Å². The number of nitrogens with zero attached hydrogens (tertiary/aromatic N) is 1. The molecule has 0 radical (unpaired) electrons. The lowest BCUT2D eigenvalue weighted by Gasteiger charge is -2.30. The van der Waals surface area contributed by atoms with Gasteiger partial charge in [-0.15, -0.1) is 0 Å². The Kier molecular flexibility index (Phi) is 6.15. The number of thioether (sulfide) groups is 1. The van der Waals surface area contributed by atoms with E-state index in [1.165, 1.54) is 11.8 Å². The van der Waals surface area contributed by atoms with Crippen LogP contribution < -0.4 is 24.4 Å². The highest BCUT2D eigenvalue weighted by atomic mass is 32.2. The number of benzene rings is 2. The van der Waals surface area contributed by atoms with Gasteiger partial charge >= 0.3 is 0 Å². The quantitative estimate of drug-likeness (QED) is 0.547. The van der Waals surface area contributed by atoms with Crippen LogP contribution in [0.1, 0.15) is 11.1 Å². The van der Waals surface area contributed by atoms with E-state index in [0.717, 1.165) is 11.1 Å². The number of fused-ring (bicyclic) bond motifs is 1. The van der Waals surface area contributed by atoms with Crippen molar-refractivity contribution < 1.29 is 23.8 Å². The predicted molar refractivity (Wildman–Crippen MR) is 124 cm³/mol. The monoisotopic (exact) mass is 456 g/mol. The number of anilines is 1. The van der Waals surface area contributed by atoms with Gasteiger partial charge in [-0.05, 0) is 41.5 Å². The van der Waals surface area contributed by atoms with Crippen molar-refractivity contribution in [2.75, 3.05) is 32.3 Å². The van der Waals surface area contributed by atoms with Crippen LogP contribution in [-0.4, -0.2) is 43.5 Å². The topological polar surface area (TPSA) is 77.1 Å². The summed E-state index contributed by atoms with van der Waals surface area (Å²) in [6, 6.07) is 11.0. The molecule has 0 atom stereocenters. The van der Waals surface area contributed by atoms with Crippen LogP contribution in [0.25, 0.3) is 6.08 Å². The van der Waals surface area contributed by atoms with Crippen molar-refractivity contribution in [1.82, 2.24) is 5.32 Å². The highest BCUT2D eigenvalue weighted by Gasteiger charge is 2.26. The predicted octanol–water partition coefficient (Wildman–Crippen LogP) is 3.16. The van der Waals surface area contributed by atoms with E-state index in [1.54, 1.807) is 37.3 Å². The van der Waals surface area contributed by atoms with E-state index < -0.39 is 0 Å². The molecule has 2 aromatic rings. The number of methoxy groups -OCH3 is 2. The molecule has 1 saturated heterocycles. The van der Waals surface area contributed by atoms with Gasteiger partial charge in [0.15, 0.2) is 11.5 Å². The third kappa shape index (κ3) is 4.52. The Hall–Kier alpha value is -3.04. The van der Waals surface area contributed by atoms with Gasteiger partial charge in [0.2, 0.25) is 5.91 Å². The molecule has 1 N–H and O–H groups in total. The second-order valence-electron chi connectivity index (χ2n) is 6.84. The van der Waals surface area contributed by atoms with E-state index in [1.807, 2.05) is 24.3 Å². The first-order valence-electron chi connectivity index (χ1n) is 9.51. The molecule has 0 unspecified atom stereocenters. The molecular weight excluding hydrogens is 436 g/mol. The molecule has 0 saturated carbocycles. The highest BCUT2D eigenvalue weighted by Crippen LogP contribution is 2.35. The number of ether oxygens (including phenoxy) is 3. The summed E-state index contributed by atoms with van der Waals surface area (Å²) in [5, 5.41) is 2.60. The summed E-state index contributed by atoms with van der Waals surface area (Å²) in [7, 11) is 3.13. The summed E-state index contributed by atoms with van der Waals surface area (Å²) in [4.78, 5) is 27.3. The molecule has 0 aliphatic carbocycles. The molecule has 0 spiro atoms. The highest BCUT2D eigenvalue weighted by molar-refractivity contribution is 8.26. The van der Waals surface area contributed by atoms with Gasteiger partial charge in [0.1, 0.15) is 16.7 Å². The fraction of sp³-hybridized carbons (Fsp3) is 0.227. The first-order valence-corrected chi connectivity index (χ1v) is 10.7. The Morgan fingerprint density at radius 2 is 2.03 bits per heavy atom. The van der Waals surface area contributed by atoms with Gasteiger partial charge in [-0.25, -0.2) is 0 Å². The van der Waals surface area contributed by atoms with Gasteiger partial charge < -0.3 is 24.4 Å². The fourth-order valence-electron chi connectivity index (χ4n) is 3.42. The summed E-state index contributed by atoms with van der Waals surface area (Å²) < 4.78 is 16.8. The number of hydrogen-bond donors (Lipinski definition) is 1. The number of carbonyl (C=O) groups is 2. The SMILES string of the molecule is COc1ccc(CC(=O)N2CCOc3ccc(/C=C4\SC(=S)NC4=O)cc32)cc1OC. The van der Waals surface area contributed by atoms with E-state index in [2.05, 4.69) is 5.32 Å². The maximum absolute atomic E-state index is 13.1. The van der Waals surface area contributed by atoms with Crippen LogP contribution in [0.3, 0.4) is 0 Å². The minimum Gasteiger partial charge on any atom is -0.493 e. The molecule has 4 rings (SSSR count). The van der Waals surface area contributed by atoms with Crippen LogP contribution in [0.15, 0.2) is 41.3 Å². The lowest BCUT2D eigenvalue weighted by atomic mass is 10.1. The Balaban J connectivity index is 1.58. The molecule has 0 bridgehead atoms. The molecular formula is C22H20N2O5S2. The average Bonchev–Trinajstić information content (AvgIpc) is 3.09. The minimum atomic E-state index is -0.217. The van der Waals surface area contributed by atoms with Crippen LogP contribution >= 0.6 is 24.0 Å². The van der Waals surface area contributed by atoms with Gasteiger partial charge in [-0.2, -0.15) is 0 Å². The Morgan fingerprint density at radius 3 is 2.74 bits per heavy atom. The molecule has 160 valence electrons. The maximum Gasteiger partial charge on any atom is 0.263 e. The number of nitrogens with one attached hydrogen (secondary N) is 1. The van der Waals surface area contributed by atoms with Crippen molar-refractivity contribution in [2.45, 2.75) is 6.42 Å². The standard InChI is InChI=1S/C22H20N2O5S2/c1-27-17-6-4-14(10-18(17)28-2)12-20(25)24-7-8-29-16-5-3-13(9-15(16)24)11-19-21(26)23-22(30)31-19/h3-6,9-11H,7-8,12H2,1-2H3,(H,23,26,30)/b19-11-. The second-order valence-corrected chi connectivity index (χ2v) is 8.56. The Bertz CT molecular complexity index is 1100. The third-order valence-electron chi connectivity index (χ3n) is 4.89. The molecule has 2 aromatic carbocycles. The lowest BCUT2D eigenvalue weighted by Crippen LogP contribution is -2.38. The zero-order valence-corrected chi connectivity index (χ0v) is 18.6. The van der Waals surface area contributed by atoms with Crippen molar-refractivity contribution in [3.05, 3.63) is 52.4 Å². The summed E-state index contributed by atoms with van der Waals surface area (Å²) in [6.07, 6.45) is 1.96. The summed E-state index contributed by atoms with van der Waals surface area (Å²) in [5.41, 5.74) is 2.29. The average molecular weight is 457 g/mol. The molecule has 1 fully saturated rings. The van der Waals surface area contributed by atoms with Crippen molar-refractivity contribution in [3.8, 4) is 17.2 Å². The minimum absolute atomic E-state index is 0.0595. The van der Waals surface area contributed by atoms with Crippen LogP contribution in [-0.2, 0) is 16.0 Å². The van der Waals surface area contributed by atoms with Gasteiger partial charge in [-0.1, -0.05) is 36.1 Å². The van der Waals surface area contributed by atoms with Crippen molar-refractivity contribution in [1.29, 1.82) is 0 Å². The van der Waals surface area contributed by atoms with E-state index >= 15 is 0 Å². The fourth-order valence-corrected chi connectivity index (χ4v) is 4.46. The zero-order chi connectivity index (χ0) is 22.0. The molecule has 2 aliphatic heterocycles. The van der Waals surface area contributed by atoms with E-state index in [4.69, 9.17) is 26.4 Å². The van der Waals surface area contributed by atoms with Crippen LogP contribution in [0.4, 0.5) is 5.69 Å². The first-order chi connectivity index (χ1) is 15.0. The molecule has 0 aromatic heterocycles. The largest absolute Gasteiger partial charge is 0.493 e. The van der Waals surface area contributed by atoms with Gasteiger partial charge in [0.25, 0.3) is 5.91 Å². The Labute approximate surface area is 189 Å². The van der Waals surface area contributed by atoms with Crippen molar-refractivity contribution >= 4 is 51.9 Å². The summed E-state index contributed by atoms with van der Waals surface area (Å²) in [6.45, 7) is 0.857. The summed E-state index contributed by atoms with van der Waals surface area (Å²) >= 11 is 6.26. The van der Waals surface area contributed by atoms with Crippen LogP contribution in [0.2, 0.25) is 0 Å². The van der Waals surface area contributed by atoms with E-state index in [-0.39, 0.29) is 18.2 Å².